The maximum atomic E-state index is 12.9. The lowest BCUT2D eigenvalue weighted by molar-refractivity contribution is -0.123. The van der Waals surface area contributed by atoms with Crippen molar-refractivity contribution in [3.63, 3.8) is 0 Å². The molecule has 6 nitrogen and oxygen atoms in total. The molecule has 2 amide bonds. The molecule has 2 aliphatic heterocycles. The van der Waals surface area contributed by atoms with E-state index in [0.29, 0.717) is 0 Å². The Hall–Kier alpha value is -3.48. The molecule has 1 unspecified atom stereocenters. The van der Waals surface area contributed by atoms with Gasteiger partial charge in [-0.15, -0.1) is 0 Å². The molecular weight excluding hydrogens is 424 g/mol. The number of carbonyl (C=O) groups excluding carboxylic acids is 2. The van der Waals surface area contributed by atoms with E-state index in [2.05, 4.69) is 62.9 Å². The fourth-order valence-corrected chi connectivity index (χ4v) is 4.77. The molecule has 3 aromatic rings. The number of hydrogen-bond acceptors (Lipinski definition) is 4. The van der Waals surface area contributed by atoms with E-state index in [1.54, 1.807) is 0 Å². The van der Waals surface area contributed by atoms with Gasteiger partial charge in [0.05, 0.1) is 5.92 Å². The highest BCUT2D eigenvalue weighted by Crippen LogP contribution is 2.32. The normalized spacial score (nSPS) is 18.7. The summed E-state index contributed by atoms with van der Waals surface area (Å²) in [6, 6.07) is 26.2. The van der Waals surface area contributed by atoms with Crippen molar-refractivity contribution in [3.8, 4) is 0 Å². The molecule has 0 bridgehead atoms. The molecule has 1 atom stereocenters. The summed E-state index contributed by atoms with van der Waals surface area (Å²) in [5.41, 5.74) is 4.94. The van der Waals surface area contributed by atoms with Gasteiger partial charge in [-0.05, 0) is 34.9 Å². The van der Waals surface area contributed by atoms with E-state index < -0.39 is 5.92 Å². The van der Waals surface area contributed by atoms with E-state index in [1.807, 2.05) is 36.4 Å². The highest BCUT2D eigenvalue weighted by atomic mass is 16.2. The first-order valence-corrected chi connectivity index (χ1v) is 11.9. The summed E-state index contributed by atoms with van der Waals surface area (Å²) in [6.07, 6.45) is 0.164. The molecule has 0 radical (unpaired) electrons. The predicted molar refractivity (Wildman–Crippen MR) is 134 cm³/mol. The van der Waals surface area contributed by atoms with Crippen molar-refractivity contribution in [2.75, 3.05) is 36.8 Å². The Balaban J connectivity index is 1.13. The van der Waals surface area contributed by atoms with Crippen molar-refractivity contribution in [2.24, 2.45) is 0 Å². The number of benzene rings is 3. The third kappa shape index (κ3) is 5.35. The van der Waals surface area contributed by atoms with Gasteiger partial charge in [-0.1, -0.05) is 60.7 Å². The maximum absolute atomic E-state index is 12.9. The first-order valence-electron chi connectivity index (χ1n) is 11.9. The monoisotopic (exact) mass is 454 g/mol. The van der Waals surface area contributed by atoms with Gasteiger partial charge < -0.3 is 10.6 Å². The van der Waals surface area contributed by atoms with Crippen LogP contribution in [0.4, 0.5) is 11.4 Å². The van der Waals surface area contributed by atoms with Gasteiger partial charge in [-0.2, -0.15) is 0 Å². The quantitative estimate of drug-likeness (QED) is 0.589. The van der Waals surface area contributed by atoms with E-state index in [4.69, 9.17) is 0 Å². The van der Waals surface area contributed by atoms with Crippen LogP contribution in [0, 0.1) is 0 Å². The standard InChI is InChI=1S/C28H30N4O2/c33-27-18-25(24-8-4-5-9-26(24)30-27)28(34)29-23-12-10-22(11-13-23)20-32-16-14-31(15-17-32)19-21-6-2-1-3-7-21/h1-13,25H,14-20H2,(H,29,34)(H,30,33). The number of carbonyl (C=O) groups is 2. The second kappa shape index (κ2) is 10.2. The number of rotatable bonds is 6. The van der Waals surface area contributed by atoms with Crippen LogP contribution in [0.15, 0.2) is 78.9 Å². The van der Waals surface area contributed by atoms with Crippen molar-refractivity contribution in [1.29, 1.82) is 0 Å². The summed E-state index contributed by atoms with van der Waals surface area (Å²) in [5, 5.41) is 5.84. The average molecular weight is 455 g/mol. The molecule has 1 saturated heterocycles. The molecule has 2 N–H and O–H groups in total. The van der Waals surface area contributed by atoms with Crippen LogP contribution in [0.2, 0.25) is 0 Å². The van der Waals surface area contributed by atoms with E-state index in [9.17, 15) is 9.59 Å². The molecule has 2 aliphatic rings. The van der Waals surface area contributed by atoms with Gasteiger partial charge in [0.2, 0.25) is 11.8 Å². The van der Waals surface area contributed by atoms with Crippen molar-refractivity contribution >= 4 is 23.2 Å². The number of fused-ring (bicyclic) bond motifs is 1. The van der Waals surface area contributed by atoms with Gasteiger partial charge >= 0.3 is 0 Å². The van der Waals surface area contributed by atoms with Crippen LogP contribution in [0.3, 0.4) is 0 Å². The molecule has 2 heterocycles. The Morgan fingerprint density at radius 2 is 1.38 bits per heavy atom. The Morgan fingerprint density at radius 1 is 0.794 bits per heavy atom. The zero-order chi connectivity index (χ0) is 23.3. The van der Waals surface area contributed by atoms with Crippen molar-refractivity contribution in [3.05, 3.63) is 95.6 Å². The molecule has 0 spiro atoms. The summed E-state index contributed by atoms with van der Waals surface area (Å²) in [5.74, 6) is -0.751. The Bertz CT molecular complexity index is 1140. The van der Waals surface area contributed by atoms with E-state index in [-0.39, 0.29) is 18.2 Å². The van der Waals surface area contributed by atoms with Crippen molar-refractivity contribution in [2.45, 2.75) is 25.4 Å². The van der Waals surface area contributed by atoms with Crippen LogP contribution in [0.25, 0.3) is 0 Å². The lowest BCUT2D eigenvalue weighted by Crippen LogP contribution is -2.45. The minimum atomic E-state index is -0.475. The number of hydrogen-bond donors (Lipinski definition) is 2. The molecule has 34 heavy (non-hydrogen) atoms. The topological polar surface area (TPSA) is 64.7 Å². The van der Waals surface area contributed by atoms with Crippen LogP contribution in [-0.2, 0) is 22.7 Å². The van der Waals surface area contributed by atoms with Crippen LogP contribution in [0.5, 0.6) is 0 Å². The minimum absolute atomic E-state index is 0.127. The maximum Gasteiger partial charge on any atom is 0.232 e. The molecule has 0 aliphatic carbocycles. The van der Waals surface area contributed by atoms with Crippen LogP contribution >= 0.6 is 0 Å². The molecule has 6 heteroatoms. The highest BCUT2D eigenvalue weighted by Gasteiger charge is 2.30. The SMILES string of the molecule is O=C1CC(C(=O)Nc2ccc(CN3CCN(Cc4ccccc4)CC3)cc2)c2ccccc2N1. The van der Waals surface area contributed by atoms with Gasteiger partial charge in [-0.25, -0.2) is 0 Å². The van der Waals surface area contributed by atoms with Gasteiger partial charge in [0.15, 0.2) is 0 Å². The van der Waals surface area contributed by atoms with Crippen molar-refractivity contribution < 1.29 is 9.59 Å². The molecule has 5 rings (SSSR count). The zero-order valence-electron chi connectivity index (χ0n) is 19.2. The Kier molecular flexibility index (Phi) is 6.70. The van der Waals surface area contributed by atoms with Gasteiger partial charge in [0, 0.05) is 57.1 Å². The number of anilines is 2. The predicted octanol–water partition coefficient (Wildman–Crippen LogP) is 4.07. The fraction of sp³-hybridized carbons (Fsp3) is 0.286. The summed E-state index contributed by atoms with van der Waals surface area (Å²) in [7, 11) is 0. The summed E-state index contributed by atoms with van der Waals surface area (Å²) in [6.45, 7) is 6.15. The van der Waals surface area contributed by atoms with Gasteiger partial charge in [0.25, 0.3) is 0 Å². The number of piperazine rings is 1. The van der Waals surface area contributed by atoms with E-state index >= 15 is 0 Å². The molecule has 174 valence electrons. The third-order valence-electron chi connectivity index (χ3n) is 6.66. The van der Waals surface area contributed by atoms with Gasteiger partial charge in [0.1, 0.15) is 0 Å². The minimum Gasteiger partial charge on any atom is -0.326 e. The zero-order valence-corrected chi connectivity index (χ0v) is 19.2. The summed E-state index contributed by atoms with van der Waals surface area (Å²) in [4.78, 5) is 30.0. The first-order chi connectivity index (χ1) is 16.6. The number of amides is 2. The number of nitrogens with zero attached hydrogens (tertiary/aromatic N) is 2. The molecule has 3 aromatic carbocycles. The van der Waals surface area contributed by atoms with Gasteiger partial charge in [-0.3, -0.25) is 19.4 Å². The molecular formula is C28H30N4O2. The van der Waals surface area contributed by atoms with Crippen molar-refractivity contribution in [1.82, 2.24) is 9.80 Å². The lowest BCUT2D eigenvalue weighted by Gasteiger charge is -2.34. The highest BCUT2D eigenvalue weighted by molar-refractivity contribution is 6.05. The number of nitrogens with one attached hydrogen (secondary N) is 2. The Labute approximate surface area is 200 Å². The molecule has 0 aromatic heterocycles. The molecule has 1 fully saturated rings. The second-order valence-corrected chi connectivity index (χ2v) is 9.12. The lowest BCUT2D eigenvalue weighted by atomic mass is 9.90. The summed E-state index contributed by atoms with van der Waals surface area (Å²) >= 11 is 0. The Morgan fingerprint density at radius 3 is 2.06 bits per heavy atom. The fourth-order valence-electron chi connectivity index (χ4n) is 4.77. The second-order valence-electron chi connectivity index (χ2n) is 9.12. The third-order valence-corrected chi connectivity index (χ3v) is 6.66. The first kappa shape index (κ1) is 22.3. The summed E-state index contributed by atoms with van der Waals surface area (Å²) < 4.78 is 0. The average Bonchev–Trinajstić information content (AvgIpc) is 2.86. The smallest absolute Gasteiger partial charge is 0.232 e. The van der Waals surface area contributed by atoms with E-state index in [0.717, 1.165) is 56.2 Å². The molecule has 0 saturated carbocycles. The van der Waals surface area contributed by atoms with Crippen LogP contribution in [-0.4, -0.2) is 47.8 Å². The van der Waals surface area contributed by atoms with E-state index in [1.165, 1.54) is 11.1 Å². The number of para-hydroxylation sites is 1. The largest absolute Gasteiger partial charge is 0.326 e. The van der Waals surface area contributed by atoms with Crippen LogP contribution in [0.1, 0.15) is 29.0 Å². The van der Waals surface area contributed by atoms with Crippen LogP contribution < -0.4 is 10.6 Å².